The highest BCUT2D eigenvalue weighted by atomic mass is 16.6. The second-order valence-corrected chi connectivity index (χ2v) is 4.04. The molecule has 0 spiro atoms. The van der Waals surface area contributed by atoms with Crippen LogP contribution in [0.4, 0.5) is 0 Å². The van der Waals surface area contributed by atoms with E-state index < -0.39 is 12.1 Å². The van der Waals surface area contributed by atoms with Gasteiger partial charge >= 0.3 is 5.97 Å². The third-order valence-electron chi connectivity index (χ3n) is 2.19. The molecule has 1 N–H and O–H groups in total. The molecule has 0 aromatic carbocycles. The SMILES string of the molecule is CCCCC(OC(=O)C(C)O)C(C)C. The Morgan fingerprint density at radius 3 is 2.29 bits per heavy atom. The average molecular weight is 202 g/mol. The third-order valence-corrected chi connectivity index (χ3v) is 2.19. The molecule has 0 saturated heterocycles. The van der Waals surface area contributed by atoms with Gasteiger partial charge in [-0.2, -0.15) is 0 Å². The van der Waals surface area contributed by atoms with E-state index in [4.69, 9.17) is 9.84 Å². The number of aliphatic hydroxyl groups excluding tert-OH is 1. The van der Waals surface area contributed by atoms with E-state index in [2.05, 4.69) is 6.92 Å². The maximum absolute atomic E-state index is 11.1. The van der Waals surface area contributed by atoms with E-state index in [1.165, 1.54) is 6.92 Å². The van der Waals surface area contributed by atoms with Gasteiger partial charge in [0.15, 0.2) is 0 Å². The first-order valence-electron chi connectivity index (χ1n) is 5.37. The maximum Gasteiger partial charge on any atom is 0.334 e. The summed E-state index contributed by atoms with van der Waals surface area (Å²) in [6.07, 6.45) is 1.95. The molecule has 0 aliphatic carbocycles. The summed E-state index contributed by atoms with van der Waals surface area (Å²) in [6.45, 7) is 7.58. The van der Waals surface area contributed by atoms with Gasteiger partial charge in [0.05, 0.1) is 0 Å². The molecule has 0 rings (SSSR count). The number of hydrogen-bond acceptors (Lipinski definition) is 3. The van der Waals surface area contributed by atoms with Crippen molar-refractivity contribution < 1.29 is 14.6 Å². The van der Waals surface area contributed by atoms with Gasteiger partial charge in [-0.3, -0.25) is 0 Å². The topological polar surface area (TPSA) is 46.5 Å². The minimum absolute atomic E-state index is 0.0583. The van der Waals surface area contributed by atoms with Crippen molar-refractivity contribution in [3.63, 3.8) is 0 Å². The summed E-state index contributed by atoms with van der Waals surface area (Å²) in [5, 5.41) is 9.00. The Morgan fingerprint density at radius 2 is 1.93 bits per heavy atom. The molecule has 14 heavy (non-hydrogen) atoms. The molecule has 0 saturated carbocycles. The van der Waals surface area contributed by atoms with Crippen LogP contribution in [0.1, 0.15) is 47.0 Å². The van der Waals surface area contributed by atoms with Crippen molar-refractivity contribution in [3.05, 3.63) is 0 Å². The van der Waals surface area contributed by atoms with E-state index in [0.717, 1.165) is 19.3 Å². The fourth-order valence-electron chi connectivity index (χ4n) is 1.18. The van der Waals surface area contributed by atoms with Crippen LogP contribution in [-0.4, -0.2) is 23.3 Å². The van der Waals surface area contributed by atoms with E-state index in [1.54, 1.807) is 0 Å². The molecule has 3 heteroatoms. The number of carbonyl (C=O) groups is 1. The number of hydrogen-bond donors (Lipinski definition) is 1. The Labute approximate surface area is 86.5 Å². The predicted octanol–water partition coefficient (Wildman–Crippen LogP) is 2.13. The smallest absolute Gasteiger partial charge is 0.334 e. The van der Waals surface area contributed by atoms with Gasteiger partial charge in [-0.15, -0.1) is 0 Å². The fraction of sp³-hybridized carbons (Fsp3) is 0.909. The van der Waals surface area contributed by atoms with Gasteiger partial charge in [-0.05, 0) is 19.3 Å². The number of aliphatic hydroxyl groups is 1. The molecule has 0 bridgehead atoms. The lowest BCUT2D eigenvalue weighted by atomic mass is 10.0. The van der Waals surface area contributed by atoms with Crippen LogP contribution in [0, 0.1) is 5.92 Å². The van der Waals surface area contributed by atoms with E-state index in [1.807, 2.05) is 13.8 Å². The molecule has 3 nitrogen and oxygen atoms in total. The zero-order valence-electron chi connectivity index (χ0n) is 9.62. The summed E-state index contributed by atoms with van der Waals surface area (Å²) in [5.41, 5.74) is 0. The number of ether oxygens (including phenoxy) is 1. The summed E-state index contributed by atoms with van der Waals surface area (Å²) in [4.78, 5) is 11.1. The van der Waals surface area contributed by atoms with Gasteiger partial charge in [0.25, 0.3) is 0 Å². The summed E-state index contributed by atoms with van der Waals surface area (Å²) >= 11 is 0. The highest BCUT2D eigenvalue weighted by Gasteiger charge is 2.20. The highest BCUT2D eigenvalue weighted by molar-refractivity contribution is 5.73. The van der Waals surface area contributed by atoms with Gasteiger partial charge < -0.3 is 9.84 Å². The maximum atomic E-state index is 11.1. The van der Waals surface area contributed by atoms with Gasteiger partial charge in [0, 0.05) is 0 Å². The molecule has 0 aliphatic heterocycles. The van der Waals surface area contributed by atoms with Crippen LogP contribution in [-0.2, 0) is 9.53 Å². The summed E-state index contributed by atoms with van der Waals surface area (Å²) in [5.74, 6) is -0.205. The number of carbonyl (C=O) groups excluding carboxylic acids is 1. The van der Waals surface area contributed by atoms with Crippen LogP contribution in [0.3, 0.4) is 0 Å². The molecule has 0 aromatic heterocycles. The second kappa shape index (κ2) is 6.82. The normalized spacial score (nSPS) is 15.3. The van der Waals surface area contributed by atoms with Crippen LogP contribution >= 0.6 is 0 Å². The van der Waals surface area contributed by atoms with Crippen LogP contribution < -0.4 is 0 Å². The van der Waals surface area contributed by atoms with E-state index in [9.17, 15) is 4.79 Å². The highest BCUT2D eigenvalue weighted by Crippen LogP contribution is 2.14. The van der Waals surface area contributed by atoms with Crippen molar-refractivity contribution in [2.45, 2.75) is 59.2 Å². The second-order valence-electron chi connectivity index (χ2n) is 4.04. The van der Waals surface area contributed by atoms with Gasteiger partial charge in [0.2, 0.25) is 0 Å². The summed E-state index contributed by atoms with van der Waals surface area (Å²) < 4.78 is 5.19. The zero-order chi connectivity index (χ0) is 11.1. The van der Waals surface area contributed by atoms with Crippen molar-refractivity contribution in [2.24, 2.45) is 5.92 Å². The lowest BCUT2D eigenvalue weighted by molar-refractivity contribution is -0.160. The van der Waals surface area contributed by atoms with E-state index in [0.29, 0.717) is 5.92 Å². The minimum atomic E-state index is -1.02. The molecule has 2 atom stereocenters. The average Bonchev–Trinajstić information content (AvgIpc) is 2.10. The lowest BCUT2D eigenvalue weighted by Gasteiger charge is -2.21. The van der Waals surface area contributed by atoms with Crippen molar-refractivity contribution in [1.82, 2.24) is 0 Å². The Balaban J connectivity index is 4.02. The quantitative estimate of drug-likeness (QED) is 0.671. The van der Waals surface area contributed by atoms with Gasteiger partial charge in [-0.25, -0.2) is 4.79 Å². The first kappa shape index (κ1) is 13.4. The molecule has 2 unspecified atom stereocenters. The Bertz CT molecular complexity index is 164. The first-order chi connectivity index (χ1) is 6.49. The Morgan fingerprint density at radius 1 is 1.36 bits per heavy atom. The van der Waals surface area contributed by atoms with Crippen molar-refractivity contribution in [3.8, 4) is 0 Å². The molecular formula is C11H22O3. The zero-order valence-corrected chi connectivity index (χ0v) is 9.62. The largest absolute Gasteiger partial charge is 0.460 e. The van der Waals surface area contributed by atoms with Crippen LogP contribution in [0.2, 0.25) is 0 Å². The van der Waals surface area contributed by atoms with Crippen LogP contribution in [0.5, 0.6) is 0 Å². The van der Waals surface area contributed by atoms with Crippen LogP contribution in [0.25, 0.3) is 0 Å². The molecular weight excluding hydrogens is 180 g/mol. The van der Waals surface area contributed by atoms with Gasteiger partial charge in [0.1, 0.15) is 12.2 Å². The lowest BCUT2D eigenvalue weighted by Crippen LogP contribution is -2.29. The minimum Gasteiger partial charge on any atom is -0.460 e. The van der Waals surface area contributed by atoms with Gasteiger partial charge in [-0.1, -0.05) is 33.6 Å². The number of esters is 1. The van der Waals surface area contributed by atoms with Crippen molar-refractivity contribution in [2.75, 3.05) is 0 Å². The molecule has 84 valence electrons. The summed E-state index contributed by atoms with van der Waals surface area (Å²) in [7, 11) is 0. The number of rotatable bonds is 6. The standard InChI is InChI=1S/C11H22O3/c1-5-6-7-10(8(2)3)14-11(13)9(4)12/h8-10,12H,5-7H2,1-4H3. The Kier molecular flexibility index (Phi) is 6.54. The molecule has 0 aliphatic rings. The molecule has 0 heterocycles. The fourth-order valence-corrected chi connectivity index (χ4v) is 1.18. The Hall–Kier alpha value is -0.570. The molecule has 0 radical (unpaired) electrons. The molecule has 0 amide bonds. The number of unbranched alkanes of at least 4 members (excludes halogenated alkanes) is 1. The van der Waals surface area contributed by atoms with Crippen molar-refractivity contribution in [1.29, 1.82) is 0 Å². The van der Waals surface area contributed by atoms with Crippen molar-refractivity contribution >= 4 is 5.97 Å². The molecule has 0 aromatic rings. The van der Waals surface area contributed by atoms with E-state index in [-0.39, 0.29) is 6.10 Å². The molecule has 0 fully saturated rings. The summed E-state index contributed by atoms with van der Waals surface area (Å²) in [6, 6.07) is 0. The monoisotopic (exact) mass is 202 g/mol. The predicted molar refractivity (Wildman–Crippen MR) is 55.9 cm³/mol. The van der Waals surface area contributed by atoms with E-state index >= 15 is 0 Å². The van der Waals surface area contributed by atoms with Crippen LogP contribution in [0.15, 0.2) is 0 Å². The first-order valence-corrected chi connectivity index (χ1v) is 5.37. The third kappa shape index (κ3) is 5.22.